The average molecular weight is 252 g/mol. The Balaban J connectivity index is 1.90. The molecular weight excluding hydrogens is 228 g/mol. The summed E-state index contributed by atoms with van der Waals surface area (Å²) in [7, 11) is 0. The predicted octanol–water partition coefficient (Wildman–Crippen LogP) is 2.00. The van der Waals surface area contributed by atoms with Crippen LogP contribution < -0.4 is 5.32 Å². The second kappa shape index (κ2) is 6.92. The van der Waals surface area contributed by atoms with Crippen LogP contribution in [0.3, 0.4) is 0 Å². The summed E-state index contributed by atoms with van der Waals surface area (Å²) in [5.74, 6) is 1.09. The molecule has 18 heavy (non-hydrogen) atoms. The van der Waals surface area contributed by atoms with Crippen molar-refractivity contribution >= 4 is 0 Å². The van der Waals surface area contributed by atoms with Gasteiger partial charge in [-0.05, 0) is 26.0 Å². The van der Waals surface area contributed by atoms with Crippen molar-refractivity contribution in [2.45, 2.75) is 39.4 Å². The van der Waals surface area contributed by atoms with Gasteiger partial charge < -0.3 is 14.5 Å². The van der Waals surface area contributed by atoms with E-state index >= 15 is 0 Å². The second-order valence-corrected chi connectivity index (χ2v) is 4.94. The molecule has 1 atom stereocenters. The molecule has 1 fully saturated rings. The minimum Gasteiger partial charge on any atom is -0.468 e. The minimum atomic E-state index is 0.473. The number of nitrogens with one attached hydrogen (secondary N) is 1. The Kier molecular flexibility index (Phi) is 5.23. The molecule has 1 aromatic rings. The van der Waals surface area contributed by atoms with E-state index in [1.54, 1.807) is 6.26 Å². The Morgan fingerprint density at radius 1 is 1.50 bits per heavy atom. The third kappa shape index (κ3) is 3.57. The Morgan fingerprint density at radius 3 is 3.17 bits per heavy atom. The van der Waals surface area contributed by atoms with Crippen molar-refractivity contribution in [3.8, 4) is 0 Å². The van der Waals surface area contributed by atoms with Crippen molar-refractivity contribution < 1.29 is 9.15 Å². The molecule has 0 saturated carbocycles. The van der Waals surface area contributed by atoms with Crippen LogP contribution in [0.25, 0.3) is 0 Å². The van der Waals surface area contributed by atoms with E-state index < -0.39 is 0 Å². The van der Waals surface area contributed by atoms with Crippen LogP contribution in [-0.2, 0) is 17.8 Å². The number of hydrogen-bond acceptors (Lipinski definition) is 4. The molecule has 0 spiro atoms. The number of hydrogen-bond donors (Lipinski definition) is 1. The van der Waals surface area contributed by atoms with Gasteiger partial charge in [0.05, 0.1) is 26.0 Å². The number of morpholine rings is 1. The van der Waals surface area contributed by atoms with E-state index in [0.717, 1.165) is 51.6 Å². The lowest BCUT2D eigenvalue weighted by atomic mass is 10.2. The third-order valence-electron chi connectivity index (χ3n) is 3.43. The van der Waals surface area contributed by atoms with Crippen molar-refractivity contribution in [1.29, 1.82) is 0 Å². The molecule has 1 aliphatic rings. The number of furan rings is 1. The molecule has 1 saturated heterocycles. The van der Waals surface area contributed by atoms with Gasteiger partial charge in [0.15, 0.2) is 0 Å². The van der Waals surface area contributed by atoms with E-state index in [0.29, 0.717) is 6.04 Å². The molecule has 4 heteroatoms. The van der Waals surface area contributed by atoms with E-state index in [2.05, 4.69) is 30.1 Å². The summed E-state index contributed by atoms with van der Waals surface area (Å²) in [6.45, 7) is 9.87. The Hall–Kier alpha value is -0.840. The van der Waals surface area contributed by atoms with E-state index in [1.807, 2.05) is 0 Å². The maximum atomic E-state index is 5.62. The molecule has 0 radical (unpaired) electrons. The van der Waals surface area contributed by atoms with Crippen LogP contribution >= 0.6 is 0 Å². The normalized spacial score (nSPS) is 21.3. The topological polar surface area (TPSA) is 37.6 Å². The van der Waals surface area contributed by atoms with Gasteiger partial charge in [-0.1, -0.05) is 6.92 Å². The molecule has 2 heterocycles. The summed E-state index contributed by atoms with van der Waals surface area (Å²) in [5.41, 5.74) is 1.28. The van der Waals surface area contributed by atoms with Gasteiger partial charge in [0.1, 0.15) is 5.76 Å². The zero-order chi connectivity index (χ0) is 12.8. The van der Waals surface area contributed by atoms with E-state index in [-0.39, 0.29) is 0 Å². The lowest BCUT2D eigenvalue weighted by Crippen LogP contribution is -2.43. The van der Waals surface area contributed by atoms with Crippen molar-refractivity contribution in [1.82, 2.24) is 10.2 Å². The van der Waals surface area contributed by atoms with Gasteiger partial charge in [-0.2, -0.15) is 0 Å². The number of ether oxygens (including phenoxy) is 1. The standard InChI is InChI=1S/C14H24N2O2/c1-3-5-15-9-13-4-7-18-14(13)10-16-6-8-17-11-12(16)2/h4,7,12,15H,3,5-6,8-11H2,1-2H3. The van der Waals surface area contributed by atoms with Crippen molar-refractivity contribution in [2.75, 3.05) is 26.3 Å². The van der Waals surface area contributed by atoms with Crippen LogP contribution in [0.4, 0.5) is 0 Å². The lowest BCUT2D eigenvalue weighted by Gasteiger charge is -2.32. The maximum absolute atomic E-state index is 5.62. The van der Waals surface area contributed by atoms with Crippen molar-refractivity contribution in [2.24, 2.45) is 0 Å². The Bertz CT molecular complexity index is 351. The average Bonchev–Trinajstić information content (AvgIpc) is 2.80. The summed E-state index contributed by atoms with van der Waals surface area (Å²) in [5, 5.41) is 3.42. The molecule has 0 aromatic carbocycles. The van der Waals surface area contributed by atoms with Gasteiger partial charge in [0, 0.05) is 24.7 Å². The van der Waals surface area contributed by atoms with Crippen LogP contribution in [0.5, 0.6) is 0 Å². The summed E-state index contributed by atoms with van der Waals surface area (Å²) >= 11 is 0. The SMILES string of the molecule is CCCNCc1ccoc1CN1CCOCC1C. The van der Waals surface area contributed by atoms with Crippen LogP contribution in [0, 0.1) is 0 Å². The maximum Gasteiger partial charge on any atom is 0.122 e. The smallest absolute Gasteiger partial charge is 0.122 e. The first kappa shape index (κ1) is 13.6. The highest BCUT2D eigenvalue weighted by Gasteiger charge is 2.20. The molecule has 102 valence electrons. The molecule has 4 nitrogen and oxygen atoms in total. The third-order valence-corrected chi connectivity index (χ3v) is 3.43. The van der Waals surface area contributed by atoms with Gasteiger partial charge in [-0.3, -0.25) is 4.90 Å². The van der Waals surface area contributed by atoms with Gasteiger partial charge in [-0.15, -0.1) is 0 Å². The molecule has 1 aromatic heterocycles. The van der Waals surface area contributed by atoms with Gasteiger partial charge in [-0.25, -0.2) is 0 Å². The van der Waals surface area contributed by atoms with Crippen molar-refractivity contribution in [3.63, 3.8) is 0 Å². The zero-order valence-corrected chi connectivity index (χ0v) is 11.4. The Morgan fingerprint density at radius 2 is 2.39 bits per heavy atom. The molecule has 2 rings (SSSR count). The molecule has 1 aliphatic heterocycles. The highest BCUT2D eigenvalue weighted by atomic mass is 16.5. The first-order chi connectivity index (χ1) is 8.81. The predicted molar refractivity (Wildman–Crippen MR) is 71.4 cm³/mol. The highest BCUT2D eigenvalue weighted by molar-refractivity contribution is 5.17. The second-order valence-electron chi connectivity index (χ2n) is 4.94. The fraction of sp³-hybridized carbons (Fsp3) is 0.714. The monoisotopic (exact) mass is 252 g/mol. The molecule has 1 N–H and O–H groups in total. The summed E-state index contributed by atoms with van der Waals surface area (Å²) < 4.78 is 11.1. The number of rotatable bonds is 6. The molecule has 0 bridgehead atoms. The summed E-state index contributed by atoms with van der Waals surface area (Å²) in [6.07, 6.45) is 2.96. The van der Waals surface area contributed by atoms with Gasteiger partial charge in [0.25, 0.3) is 0 Å². The fourth-order valence-corrected chi connectivity index (χ4v) is 2.24. The zero-order valence-electron chi connectivity index (χ0n) is 11.4. The van der Waals surface area contributed by atoms with E-state index in [1.165, 1.54) is 5.56 Å². The van der Waals surface area contributed by atoms with Crippen LogP contribution in [-0.4, -0.2) is 37.2 Å². The quantitative estimate of drug-likeness (QED) is 0.786. The van der Waals surface area contributed by atoms with Crippen molar-refractivity contribution in [3.05, 3.63) is 23.7 Å². The van der Waals surface area contributed by atoms with Gasteiger partial charge >= 0.3 is 0 Å². The molecule has 0 amide bonds. The lowest BCUT2D eigenvalue weighted by molar-refractivity contribution is -0.00725. The number of nitrogens with zero attached hydrogens (tertiary/aromatic N) is 1. The largest absolute Gasteiger partial charge is 0.468 e. The Labute approximate surface area is 109 Å². The van der Waals surface area contributed by atoms with E-state index in [4.69, 9.17) is 9.15 Å². The summed E-state index contributed by atoms with van der Waals surface area (Å²) in [6, 6.07) is 2.55. The van der Waals surface area contributed by atoms with Gasteiger partial charge in [0.2, 0.25) is 0 Å². The first-order valence-electron chi connectivity index (χ1n) is 6.89. The van der Waals surface area contributed by atoms with E-state index in [9.17, 15) is 0 Å². The summed E-state index contributed by atoms with van der Waals surface area (Å²) in [4.78, 5) is 2.42. The molecule has 0 aliphatic carbocycles. The first-order valence-corrected chi connectivity index (χ1v) is 6.89. The minimum absolute atomic E-state index is 0.473. The van der Waals surface area contributed by atoms with Crippen LogP contribution in [0.2, 0.25) is 0 Å². The molecular formula is C14H24N2O2. The molecule has 1 unspecified atom stereocenters. The fourth-order valence-electron chi connectivity index (χ4n) is 2.24. The van der Waals surface area contributed by atoms with Crippen LogP contribution in [0.15, 0.2) is 16.7 Å². The highest BCUT2D eigenvalue weighted by Crippen LogP contribution is 2.16. The van der Waals surface area contributed by atoms with Crippen LogP contribution in [0.1, 0.15) is 31.6 Å².